The highest BCUT2D eigenvalue weighted by Gasteiger charge is 2.14. The number of fused-ring (bicyclic) bond motifs is 1. The normalized spacial score (nSPS) is 10.7. The van der Waals surface area contributed by atoms with Gasteiger partial charge in [0.15, 0.2) is 5.69 Å². The van der Waals surface area contributed by atoms with E-state index in [4.69, 9.17) is 10.2 Å². The van der Waals surface area contributed by atoms with Crippen molar-refractivity contribution in [1.82, 2.24) is 10.3 Å². The van der Waals surface area contributed by atoms with E-state index < -0.39 is 0 Å². The van der Waals surface area contributed by atoms with Gasteiger partial charge in [0.05, 0.1) is 5.56 Å². The number of carbonyl (C=O) groups excluding carboxylic acids is 1. The molecule has 0 radical (unpaired) electrons. The van der Waals surface area contributed by atoms with Crippen molar-refractivity contribution in [3.05, 3.63) is 78.7 Å². The number of nitrogens with one attached hydrogen (secondary N) is 2. The first kappa shape index (κ1) is 17.6. The van der Waals surface area contributed by atoms with Crippen LogP contribution in [-0.4, -0.2) is 24.0 Å². The maximum Gasteiger partial charge on any atom is 0.273 e. The van der Waals surface area contributed by atoms with E-state index in [0.717, 1.165) is 11.1 Å². The Morgan fingerprint density at radius 3 is 2.64 bits per heavy atom. The number of amides is 1. The Hall–Kier alpha value is -3.80. The number of carbonyl (C=O) groups is 1. The summed E-state index contributed by atoms with van der Waals surface area (Å²) in [6, 6.07) is 21.5. The number of benzene rings is 3. The van der Waals surface area contributed by atoms with Crippen molar-refractivity contribution >= 4 is 28.1 Å². The third-order valence-corrected chi connectivity index (χ3v) is 4.44. The summed E-state index contributed by atoms with van der Waals surface area (Å²) in [6.45, 7) is 1.05. The minimum Gasteiger partial charge on any atom is -0.444 e. The topological polar surface area (TPSA) is 93.2 Å². The molecule has 0 saturated carbocycles. The van der Waals surface area contributed by atoms with Crippen LogP contribution in [0.1, 0.15) is 10.5 Å². The van der Waals surface area contributed by atoms with Gasteiger partial charge in [-0.1, -0.05) is 48.5 Å². The number of aromatic nitrogens is 1. The number of hydrogen-bond acceptors (Lipinski definition) is 5. The first-order valence-corrected chi connectivity index (χ1v) is 9.02. The van der Waals surface area contributed by atoms with Crippen molar-refractivity contribution < 1.29 is 9.21 Å². The molecule has 1 aromatic heterocycles. The number of nitrogens with two attached hydrogens (primary N) is 1. The van der Waals surface area contributed by atoms with Gasteiger partial charge < -0.3 is 20.8 Å². The van der Waals surface area contributed by atoms with Gasteiger partial charge in [0, 0.05) is 29.9 Å². The van der Waals surface area contributed by atoms with Gasteiger partial charge in [0.2, 0.25) is 5.89 Å². The van der Waals surface area contributed by atoms with Crippen molar-refractivity contribution in [2.75, 3.05) is 24.1 Å². The van der Waals surface area contributed by atoms with Gasteiger partial charge in [-0.15, -0.1) is 0 Å². The molecule has 0 aliphatic carbocycles. The highest BCUT2D eigenvalue weighted by atomic mass is 16.3. The number of para-hydroxylation sites is 1. The van der Waals surface area contributed by atoms with Gasteiger partial charge in [-0.05, 0) is 23.6 Å². The summed E-state index contributed by atoms with van der Waals surface area (Å²) in [5, 5.41) is 8.52. The lowest BCUT2D eigenvalue weighted by atomic mass is 10.1. The van der Waals surface area contributed by atoms with E-state index in [1.165, 1.54) is 11.6 Å². The molecular formula is C22H20N4O2. The van der Waals surface area contributed by atoms with Crippen LogP contribution >= 0.6 is 0 Å². The van der Waals surface area contributed by atoms with Gasteiger partial charge in [0.1, 0.15) is 6.26 Å². The van der Waals surface area contributed by atoms with E-state index in [2.05, 4.69) is 33.8 Å². The standard InChI is InChI=1S/C22H20N4O2/c23-18-10-4-3-9-17(18)22-26-20(14-28-22)21(27)25-13-12-24-19-11-5-7-15-6-1-2-8-16(15)19/h1-11,14,24H,12-13,23H2,(H,25,27). The van der Waals surface area contributed by atoms with Crippen LogP contribution in [0.5, 0.6) is 0 Å². The van der Waals surface area contributed by atoms with Crippen molar-refractivity contribution in [3.8, 4) is 11.5 Å². The molecule has 3 aromatic carbocycles. The molecule has 6 nitrogen and oxygen atoms in total. The third-order valence-electron chi connectivity index (χ3n) is 4.44. The minimum absolute atomic E-state index is 0.225. The van der Waals surface area contributed by atoms with Crippen LogP contribution in [0.4, 0.5) is 11.4 Å². The molecule has 1 heterocycles. The SMILES string of the molecule is Nc1ccccc1-c1nc(C(=O)NCCNc2cccc3ccccc23)co1. The molecule has 0 spiro atoms. The maximum atomic E-state index is 12.3. The maximum absolute atomic E-state index is 12.3. The van der Waals surface area contributed by atoms with Crippen molar-refractivity contribution in [2.24, 2.45) is 0 Å². The molecule has 4 aromatic rings. The lowest BCUT2D eigenvalue weighted by Crippen LogP contribution is -2.29. The zero-order valence-electron chi connectivity index (χ0n) is 15.2. The number of nitrogens with zero attached hydrogens (tertiary/aromatic N) is 1. The van der Waals surface area contributed by atoms with Gasteiger partial charge in [-0.25, -0.2) is 4.98 Å². The van der Waals surface area contributed by atoms with E-state index in [-0.39, 0.29) is 11.6 Å². The second-order valence-electron chi connectivity index (χ2n) is 6.33. The Bertz CT molecular complexity index is 1110. The average Bonchev–Trinajstić information content (AvgIpc) is 3.21. The second-order valence-corrected chi connectivity index (χ2v) is 6.33. The largest absolute Gasteiger partial charge is 0.444 e. The summed E-state index contributed by atoms with van der Waals surface area (Å²) in [5.74, 6) is 0.0429. The van der Waals surface area contributed by atoms with Crippen LogP contribution in [-0.2, 0) is 0 Å². The summed E-state index contributed by atoms with van der Waals surface area (Å²) in [7, 11) is 0. The lowest BCUT2D eigenvalue weighted by molar-refractivity contribution is 0.0950. The van der Waals surface area contributed by atoms with E-state index in [1.54, 1.807) is 12.1 Å². The highest BCUT2D eigenvalue weighted by Crippen LogP contribution is 2.25. The van der Waals surface area contributed by atoms with E-state index in [0.29, 0.717) is 30.2 Å². The molecular weight excluding hydrogens is 352 g/mol. The Labute approximate surface area is 162 Å². The van der Waals surface area contributed by atoms with Crippen LogP contribution in [0, 0.1) is 0 Å². The predicted octanol–water partition coefficient (Wildman–Crippen LogP) is 3.92. The smallest absolute Gasteiger partial charge is 0.273 e. The number of anilines is 2. The zero-order valence-corrected chi connectivity index (χ0v) is 15.2. The fraction of sp³-hybridized carbons (Fsp3) is 0.0909. The van der Waals surface area contributed by atoms with Crippen LogP contribution in [0.15, 0.2) is 77.4 Å². The molecule has 0 atom stereocenters. The molecule has 1 amide bonds. The van der Waals surface area contributed by atoms with Crippen LogP contribution < -0.4 is 16.4 Å². The predicted molar refractivity (Wildman–Crippen MR) is 111 cm³/mol. The van der Waals surface area contributed by atoms with E-state index in [1.807, 2.05) is 36.4 Å². The first-order valence-electron chi connectivity index (χ1n) is 9.02. The molecule has 28 heavy (non-hydrogen) atoms. The molecule has 0 aliphatic rings. The van der Waals surface area contributed by atoms with E-state index in [9.17, 15) is 4.79 Å². The summed E-state index contributed by atoms with van der Waals surface area (Å²) in [5.41, 5.74) is 8.40. The Morgan fingerprint density at radius 1 is 0.964 bits per heavy atom. The van der Waals surface area contributed by atoms with Gasteiger partial charge >= 0.3 is 0 Å². The molecule has 6 heteroatoms. The quantitative estimate of drug-likeness (QED) is 0.352. The monoisotopic (exact) mass is 372 g/mol. The number of nitrogen functional groups attached to an aromatic ring is 1. The average molecular weight is 372 g/mol. The first-order chi connectivity index (χ1) is 13.7. The highest BCUT2D eigenvalue weighted by molar-refractivity contribution is 5.94. The summed E-state index contributed by atoms with van der Waals surface area (Å²) >= 11 is 0. The molecule has 4 rings (SSSR count). The van der Waals surface area contributed by atoms with Crippen LogP contribution in [0.25, 0.3) is 22.2 Å². The Morgan fingerprint density at radius 2 is 1.75 bits per heavy atom. The van der Waals surface area contributed by atoms with Gasteiger partial charge in [-0.3, -0.25) is 4.79 Å². The van der Waals surface area contributed by atoms with Crippen molar-refractivity contribution in [2.45, 2.75) is 0 Å². The molecule has 0 aliphatic heterocycles. The second kappa shape index (κ2) is 7.84. The van der Waals surface area contributed by atoms with E-state index >= 15 is 0 Å². The van der Waals surface area contributed by atoms with Crippen molar-refractivity contribution in [1.29, 1.82) is 0 Å². The third kappa shape index (κ3) is 3.66. The fourth-order valence-corrected chi connectivity index (χ4v) is 3.04. The van der Waals surface area contributed by atoms with Crippen molar-refractivity contribution in [3.63, 3.8) is 0 Å². The minimum atomic E-state index is -0.288. The molecule has 0 saturated heterocycles. The Balaban J connectivity index is 1.34. The number of rotatable bonds is 6. The lowest BCUT2D eigenvalue weighted by Gasteiger charge is -2.10. The number of hydrogen-bond donors (Lipinski definition) is 3. The molecule has 140 valence electrons. The van der Waals surface area contributed by atoms with Crippen LogP contribution in [0.3, 0.4) is 0 Å². The number of oxazole rings is 1. The fourth-order valence-electron chi connectivity index (χ4n) is 3.04. The Kier molecular flexibility index (Phi) is 4.93. The van der Waals surface area contributed by atoms with Gasteiger partial charge in [0.25, 0.3) is 5.91 Å². The summed E-state index contributed by atoms with van der Waals surface area (Å²) in [4.78, 5) is 16.5. The molecule has 4 N–H and O–H groups in total. The molecule has 0 unspecified atom stereocenters. The molecule has 0 bridgehead atoms. The van der Waals surface area contributed by atoms with Gasteiger partial charge in [-0.2, -0.15) is 0 Å². The summed E-state index contributed by atoms with van der Waals surface area (Å²) in [6.07, 6.45) is 1.34. The zero-order chi connectivity index (χ0) is 19.3. The summed E-state index contributed by atoms with van der Waals surface area (Å²) < 4.78 is 5.41. The molecule has 0 fully saturated rings. The van der Waals surface area contributed by atoms with Crippen LogP contribution in [0.2, 0.25) is 0 Å².